The van der Waals surface area contributed by atoms with E-state index in [9.17, 15) is 14.3 Å². The third kappa shape index (κ3) is 2.42. The molecule has 5 heteroatoms. The van der Waals surface area contributed by atoms with Crippen molar-refractivity contribution >= 4 is 17.3 Å². The van der Waals surface area contributed by atoms with Crippen molar-refractivity contribution in [2.75, 3.05) is 11.1 Å². The fourth-order valence-corrected chi connectivity index (χ4v) is 2.83. The van der Waals surface area contributed by atoms with Crippen LogP contribution in [0, 0.1) is 5.82 Å². The Morgan fingerprint density at radius 3 is 2.38 bits per heavy atom. The maximum atomic E-state index is 13.4. The van der Waals surface area contributed by atoms with E-state index in [4.69, 9.17) is 5.73 Å². The van der Waals surface area contributed by atoms with Gasteiger partial charge in [-0.1, -0.05) is 24.3 Å². The summed E-state index contributed by atoms with van der Waals surface area (Å²) in [4.78, 5) is 11.3. The molecule has 3 rings (SSSR count). The zero-order chi connectivity index (χ0) is 15.0. The molecule has 0 heterocycles. The van der Waals surface area contributed by atoms with Crippen LogP contribution in [-0.2, 0) is 12.8 Å². The molecule has 1 aliphatic rings. The molecule has 21 heavy (non-hydrogen) atoms. The number of fused-ring (bicyclic) bond motifs is 1. The number of hydrogen-bond acceptors (Lipinski definition) is 3. The van der Waals surface area contributed by atoms with Gasteiger partial charge in [0.25, 0.3) is 0 Å². The van der Waals surface area contributed by atoms with Gasteiger partial charge in [-0.05, 0) is 36.1 Å². The highest BCUT2D eigenvalue weighted by molar-refractivity contribution is 6.00. The summed E-state index contributed by atoms with van der Waals surface area (Å²) in [6.45, 7) is 0. The first kappa shape index (κ1) is 13.4. The highest BCUT2D eigenvalue weighted by Crippen LogP contribution is 2.29. The Hall–Kier alpha value is -2.56. The molecule has 0 radical (unpaired) electrons. The number of carboxylic acids is 1. The van der Waals surface area contributed by atoms with E-state index in [0.29, 0.717) is 5.69 Å². The number of anilines is 2. The molecular weight excluding hydrogens is 271 g/mol. The van der Waals surface area contributed by atoms with Gasteiger partial charge in [-0.15, -0.1) is 0 Å². The Labute approximate surface area is 121 Å². The summed E-state index contributed by atoms with van der Waals surface area (Å²) in [5.74, 6) is -1.95. The van der Waals surface area contributed by atoms with E-state index in [0.717, 1.165) is 12.8 Å². The van der Waals surface area contributed by atoms with Crippen LogP contribution in [-0.4, -0.2) is 17.1 Å². The van der Waals surface area contributed by atoms with E-state index in [-0.39, 0.29) is 17.3 Å². The standard InChI is InChI=1S/C16H15FN2O2/c17-12-5-6-13(14(15(12)18)16(20)21)19-11-7-9-3-1-2-4-10(9)8-11/h1-6,11,19H,7-8,18H2,(H,20,21). The van der Waals surface area contributed by atoms with Crippen molar-refractivity contribution in [2.45, 2.75) is 18.9 Å². The smallest absolute Gasteiger partial charge is 0.340 e. The predicted molar refractivity (Wildman–Crippen MR) is 79.0 cm³/mol. The number of hydrogen-bond donors (Lipinski definition) is 3. The maximum Gasteiger partial charge on any atom is 0.340 e. The minimum Gasteiger partial charge on any atom is -0.478 e. The second-order valence-electron chi connectivity index (χ2n) is 5.21. The van der Waals surface area contributed by atoms with Crippen molar-refractivity contribution in [3.8, 4) is 0 Å². The summed E-state index contributed by atoms with van der Waals surface area (Å²) in [6, 6.07) is 10.8. The quantitative estimate of drug-likeness (QED) is 0.758. The van der Waals surface area contributed by atoms with Gasteiger partial charge >= 0.3 is 5.97 Å². The van der Waals surface area contributed by atoms with Crippen LogP contribution in [0.25, 0.3) is 0 Å². The van der Waals surface area contributed by atoms with E-state index in [2.05, 4.69) is 17.4 Å². The minimum absolute atomic E-state index is 0.0883. The van der Waals surface area contributed by atoms with Gasteiger partial charge in [0.05, 0.1) is 11.4 Å². The van der Waals surface area contributed by atoms with Crippen LogP contribution < -0.4 is 11.1 Å². The lowest BCUT2D eigenvalue weighted by atomic mass is 10.1. The first-order valence-electron chi connectivity index (χ1n) is 6.71. The Morgan fingerprint density at radius 1 is 1.19 bits per heavy atom. The molecule has 0 spiro atoms. The first-order chi connectivity index (χ1) is 10.1. The van der Waals surface area contributed by atoms with Gasteiger partial charge in [-0.3, -0.25) is 0 Å². The van der Waals surface area contributed by atoms with E-state index in [1.807, 2.05) is 12.1 Å². The van der Waals surface area contributed by atoms with E-state index >= 15 is 0 Å². The van der Waals surface area contributed by atoms with Crippen LogP contribution in [0.3, 0.4) is 0 Å². The highest BCUT2D eigenvalue weighted by Gasteiger charge is 2.24. The van der Waals surface area contributed by atoms with Crippen molar-refractivity contribution in [1.82, 2.24) is 0 Å². The van der Waals surface area contributed by atoms with Crippen molar-refractivity contribution in [3.63, 3.8) is 0 Å². The average Bonchev–Trinajstić information content (AvgIpc) is 2.85. The molecule has 2 aromatic rings. The molecule has 1 aliphatic carbocycles. The molecule has 0 saturated heterocycles. The molecule has 4 N–H and O–H groups in total. The van der Waals surface area contributed by atoms with Crippen molar-refractivity contribution in [3.05, 3.63) is 58.9 Å². The van der Waals surface area contributed by atoms with Crippen LogP contribution >= 0.6 is 0 Å². The number of nitrogen functional groups attached to an aromatic ring is 1. The molecule has 2 aromatic carbocycles. The fraction of sp³-hybridized carbons (Fsp3) is 0.188. The number of aromatic carboxylic acids is 1. The Balaban J connectivity index is 1.87. The highest BCUT2D eigenvalue weighted by atomic mass is 19.1. The van der Waals surface area contributed by atoms with Gasteiger partial charge in [0.1, 0.15) is 11.4 Å². The summed E-state index contributed by atoms with van der Waals surface area (Å²) in [5, 5.41) is 12.4. The lowest BCUT2D eigenvalue weighted by Gasteiger charge is -2.17. The zero-order valence-corrected chi connectivity index (χ0v) is 11.3. The van der Waals surface area contributed by atoms with Crippen LogP contribution in [0.1, 0.15) is 21.5 Å². The van der Waals surface area contributed by atoms with Crippen LogP contribution in [0.4, 0.5) is 15.8 Å². The molecule has 0 aromatic heterocycles. The number of rotatable bonds is 3. The van der Waals surface area contributed by atoms with Gasteiger partial charge in [-0.25, -0.2) is 9.18 Å². The SMILES string of the molecule is Nc1c(F)ccc(NC2Cc3ccccc3C2)c1C(=O)O. The number of carboxylic acid groups (broad SMARTS) is 1. The molecule has 0 saturated carbocycles. The average molecular weight is 286 g/mol. The van der Waals surface area contributed by atoms with E-state index < -0.39 is 11.8 Å². The second kappa shape index (κ2) is 5.09. The Kier molecular flexibility index (Phi) is 3.25. The fourth-order valence-electron chi connectivity index (χ4n) is 2.83. The second-order valence-corrected chi connectivity index (χ2v) is 5.21. The molecule has 0 bridgehead atoms. The van der Waals surface area contributed by atoms with Gasteiger partial charge < -0.3 is 16.2 Å². The molecule has 0 fully saturated rings. The predicted octanol–water partition coefficient (Wildman–Crippen LogP) is 2.69. The summed E-state index contributed by atoms with van der Waals surface area (Å²) >= 11 is 0. The topological polar surface area (TPSA) is 75.3 Å². The molecule has 0 amide bonds. The van der Waals surface area contributed by atoms with Crippen molar-refractivity contribution in [1.29, 1.82) is 0 Å². The van der Waals surface area contributed by atoms with E-state index in [1.165, 1.54) is 23.3 Å². The largest absolute Gasteiger partial charge is 0.478 e. The monoisotopic (exact) mass is 286 g/mol. The number of halogens is 1. The van der Waals surface area contributed by atoms with Gasteiger partial charge in [0.2, 0.25) is 0 Å². The summed E-state index contributed by atoms with van der Waals surface area (Å²) in [7, 11) is 0. The Morgan fingerprint density at radius 2 is 1.81 bits per heavy atom. The molecular formula is C16H15FN2O2. The molecule has 0 atom stereocenters. The normalized spacial score (nSPS) is 14.0. The number of nitrogens with two attached hydrogens (primary N) is 1. The summed E-state index contributed by atoms with van der Waals surface area (Å²) in [5.41, 5.74) is 7.88. The van der Waals surface area contributed by atoms with Gasteiger partial charge in [0, 0.05) is 6.04 Å². The van der Waals surface area contributed by atoms with Gasteiger partial charge in [0.15, 0.2) is 0 Å². The lowest BCUT2D eigenvalue weighted by Crippen LogP contribution is -2.22. The van der Waals surface area contributed by atoms with Crippen LogP contribution in [0.5, 0.6) is 0 Å². The molecule has 0 unspecified atom stereocenters. The maximum absolute atomic E-state index is 13.4. The van der Waals surface area contributed by atoms with Gasteiger partial charge in [-0.2, -0.15) is 0 Å². The van der Waals surface area contributed by atoms with Crippen LogP contribution in [0.2, 0.25) is 0 Å². The Bertz CT molecular complexity index is 690. The van der Waals surface area contributed by atoms with Crippen LogP contribution in [0.15, 0.2) is 36.4 Å². The molecule has 4 nitrogen and oxygen atoms in total. The number of nitrogens with one attached hydrogen (secondary N) is 1. The minimum atomic E-state index is -1.23. The summed E-state index contributed by atoms with van der Waals surface area (Å²) in [6.07, 6.45) is 1.62. The zero-order valence-electron chi connectivity index (χ0n) is 11.3. The lowest BCUT2D eigenvalue weighted by molar-refractivity contribution is 0.0698. The molecule has 108 valence electrons. The van der Waals surface area contributed by atoms with Crippen molar-refractivity contribution < 1.29 is 14.3 Å². The third-order valence-electron chi connectivity index (χ3n) is 3.82. The number of carbonyl (C=O) groups is 1. The first-order valence-corrected chi connectivity index (χ1v) is 6.71. The number of benzene rings is 2. The summed E-state index contributed by atoms with van der Waals surface area (Å²) < 4.78 is 13.4. The van der Waals surface area contributed by atoms with Crippen molar-refractivity contribution in [2.24, 2.45) is 0 Å². The molecule has 0 aliphatic heterocycles. The van der Waals surface area contributed by atoms with E-state index in [1.54, 1.807) is 0 Å². The third-order valence-corrected chi connectivity index (χ3v) is 3.82.